The smallest absolute Gasteiger partial charge is 0.146 e. The highest BCUT2D eigenvalue weighted by molar-refractivity contribution is 6.32. The molecule has 1 aliphatic rings. The molecule has 0 saturated heterocycles. The molecule has 1 aromatic heterocycles. The van der Waals surface area contributed by atoms with E-state index in [1.807, 2.05) is 18.2 Å². The number of halogens is 2. The predicted octanol–water partition coefficient (Wildman–Crippen LogP) is 3.41. The zero-order chi connectivity index (χ0) is 13.7. The first-order valence-corrected chi connectivity index (χ1v) is 7.15. The highest BCUT2D eigenvalue weighted by Gasteiger charge is 2.12. The van der Waals surface area contributed by atoms with Gasteiger partial charge in [0.2, 0.25) is 0 Å². The molecule has 1 unspecified atom stereocenters. The standard InChI is InChI=1S/C13H18Cl2N4/c1-16-13-10(14)5-6-12(19-13)17-8-7-9-3-2-4-11(15)18-9/h4-6,9,18H,2-3,7-8H2,1H3,(H2,16,17,19). The van der Waals surface area contributed by atoms with Crippen LogP contribution in [0.25, 0.3) is 0 Å². The van der Waals surface area contributed by atoms with Gasteiger partial charge in [-0.3, -0.25) is 0 Å². The van der Waals surface area contributed by atoms with Crippen molar-refractivity contribution in [3.05, 3.63) is 28.4 Å². The molecular weight excluding hydrogens is 283 g/mol. The van der Waals surface area contributed by atoms with E-state index < -0.39 is 0 Å². The van der Waals surface area contributed by atoms with Gasteiger partial charge in [-0.1, -0.05) is 23.2 Å². The van der Waals surface area contributed by atoms with Gasteiger partial charge in [-0.25, -0.2) is 4.98 Å². The second-order valence-electron chi connectivity index (χ2n) is 4.46. The molecular formula is C13H18Cl2N4. The van der Waals surface area contributed by atoms with Gasteiger partial charge in [0.05, 0.1) is 10.2 Å². The van der Waals surface area contributed by atoms with Crippen molar-refractivity contribution in [2.75, 3.05) is 24.2 Å². The number of hydrogen-bond donors (Lipinski definition) is 3. The Morgan fingerprint density at radius 3 is 3.00 bits per heavy atom. The lowest BCUT2D eigenvalue weighted by Gasteiger charge is -2.22. The Hall–Kier alpha value is -1.13. The van der Waals surface area contributed by atoms with Crippen molar-refractivity contribution in [2.45, 2.75) is 25.3 Å². The lowest BCUT2D eigenvalue weighted by Crippen LogP contribution is -2.31. The van der Waals surface area contributed by atoms with Gasteiger partial charge in [-0.05, 0) is 37.5 Å². The lowest BCUT2D eigenvalue weighted by molar-refractivity contribution is 0.497. The minimum absolute atomic E-state index is 0.432. The Morgan fingerprint density at radius 1 is 1.42 bits per heavy atom. The summed E-state index contributed by atoms with van der Waals surface area (Å²) in [7, 11) is 1.80. The van der Waals surface area contributed by atoms with Crippen molar-refractivity contribution in [3.8, 4) is 0 Å². The van der Waals surface area contributed by atoms with E-state index >= 15 is 0 Å². The van der Waals surface area contributed by atoms with Gasteiger partial charge in [0.25, 0.3) is 0 Å². The van der Waals surface area contributed by atoms with Crippen LogP contribution in [0, 0.1) is 0 Å². The van der Waals surface area contributed by atoms with E-state index in [2.05, 4.69) is 20.9 Å². The van der Waals surface area contributed by atoms with Crippen molar-refractivity contribution >= 4 is 34.8 Å². The van der Waals surface area contributed by atoms with Crippen LogP contribution in [0.15, 0.2) is 23.4 Å². The molecule has 0 spiro atoms. The molecule has 19 heavy (non-hydrogen) atoms. The highest BCUT2D eigenvalue weighted by Crippen LogP contribution is 2.21. The van der Waals surface area contributed by atoms with Crippen molar-refractivity contribution in [2.24, 2.45) is 0 Å². The monoisotopic (exact) mass is 300 g/mol. The molecule has 3 N–H and O–H groups in total. The third-order valence-electron chi connectivity index (χ3n) is 3.06. The number of anilines is 2. The van der Waals surface area contributed by atoms with Crippen LogP contribution in [0.3, 0.4) is 0 Å². The number of aromatic nitrogens is 1. The molecule has 104 valence electrons. The van der Waals surface area contributed by atoms with E-state index in [1.54, 1.807) is 7.05 Å². The second-order valence-corrected chi connectivity index (χ2v) is 5.28. The quantitative estimate of drug-likeness (QED) is 0.730. The minimum atomic E-state index is 0.432. The van der Waals surface area contributed by atoms with E-state index in [4.69, 9.17) is 23.2 Å². The topological polar surface area (TPSA) is 49.0 Å². The summed E-state index contributed by atoms with van der Waals surface area (Å²) >= 11 is 11.9. The van der Waals surface area contributed by atoms with Crippen LogP contribution in [0.1, 0.15) is 19.3 Å². The van der Waals surface area contributed by atoms with Crippen molar-refractivity contribution < 1.29 is 0 Å². The van der Waals surface area contributed by atoms with Crippen LogP contribution >= 0.6 is 23.2 Å². The fourth-order valence-corrected chi connectivity index (χ4v) is 2.51. The molecule has 0 fully saturated rings. The van der Waals surface area contributed by atoms with Gasteiger partial charge in [-0.2, -0.15) is 0 Å². The minimum Gasteiger partial charge on any atom is -0.373 e. The summed E-state index contributed by atoms with van der Waals surface area (Å²) in [5.74, 6) is 1.51. The summed E-state index contributed by atoms with van der Waals surface area (Å²) in [4.78, 5) is 4.38. The average Bonchev–Trinajstić information content (AvgIpc) is 2.41. The Kier molecular flexibility index (Phi) is 5.16. The molecule has 4 nitrogen and oxygen atoms in total. The maximum Gasteiger partial charge on any atom is 0.146 e. The second kappa shape index (κ2) is 6.87. The number of allylic oxidation sites excluding steroid dienone is 1. The van der Waals surface area contributed by atoms with Crippen molar-refractivity contribution in [3.63, 3.8) is 0 Å². The summed E-state index contributed by atoms with van der Waals surface area (Å²) in [6.07, 6.45) is 5.18. The number of nitrogens with zero attached hydrogens (tertiary/aromatic N) is 1. The molecule has 0 bridgehead atoms. The summed E-state index contributed by atoms with van der Waals surface area (Å²) in [5, 5.41) is 10.9. The third-order valence-corrected chi connectivity index (χ3v) is 3.63. The number of rotatable bonds is 5. The first kappa shape index (κ1) is 14.3. The Bertz CT molecular complexity index is 462. The zero-order valence-corrected chi connectivity index (χ0v) is 12.4. The molecule has 0 radical (unpaired) electrons. The zero-order valence-electron chi connectivity index (χ0n) is 10.8. The third kappa shape index (κ3) is 4.18. The summed E-state index contributed by atoms with van der Waals surface area (Å²) < 4.78 is 0. The van der Waals surface area contributed by atoms with Crippen LogP contribution in [-0.2, 0) is 0 Å². The molecule has 6 heteroatoms. The van der Waals surface area contributed by atoms with Gasteiger partial charge in [-0.15, -0.1) is 0 Å². The number of pyridine rings is 1. The fourth-order valence-electron chi connectivity index (χ4n) is 2.04. The van der Waals surface area contributed by atoms with Gasteiger partial charge < -0.3 is 16.0 Å². The van der Waals surface area contributed by atoms with Gasteiger partial charge in [0.15, 0.2) is 0 Å². The van der Waals surface area contributed by atoms with Crippen LogP contribution in [-0.4, -0.2) is 24.6 Å². The maximum absolute atomic E-state index is 5.98. The van der Waals surface area contributed by atoms with Crippen molar-refractivity contribution in [1.29, 1.82) is 0 Å². The molecule has 2 heterocycles. The van der Waals surface area contributed by atoms with E-state index in [1.165, 1.54) is 0 Å². The van der Waals surface area contributed by atoms with Crippen LogP contribution in [0.5, 0.6) is 0 Å². The van der Waals surface area contributed by atoms with Crippen LogP contribution < -0.4 is 16.0 Å². The predicted molar refractivity (Wildman–Crippen MR) is 82.0 cm³/mol. The van der Waals surface area contributed by atoms with E-state index in [0.29, 0.717) is 16.9 Å². The summed E-state index contributed by atoms with van der Waals surface area (Å²) in [6.45, 7) is 0.847. The molecule has 0 saturated carbocycles. The fraction of sp³-hybridized carbons (Fsp3) is 0.462. The molecule has 0 amide bonds. The Morgan fingerprint density at radius 2 is 2.26 bits per heavy atom. The average molecular weight is 301 g/mol. The van der Waals surface area contributed by atoms with Crippen LogP contribution in [0.4, 0.5) is 11.6 Å². The van der Waals surface area contributed by atoms with Gasteiger partial charge in [0, 0.05) is 19.6 Å². The molecule has 1 aliphatic heterocycles. The van der Waals surface area contributed by atoms with E-state index in [9.17, 15) is 0 Å². The first-order valence-electron chi connectivity index (χ1n) is 6.39. The first-order chi connectivity index (χ1) is 9.19. The molecule has 1 aromatic rings. The van der Waals surface area contributed by atoms with Crippen LogP contribution in [0.2, 0.25) is 5.02 Å². The maximum atomic E-state index is 5.98. The number of hydrogen-bond acceptors (Lipinski definition) is 4. The largest absolute Gasteiger partial charge is 0.373 e. The molecule has 2 rings (SSSR count). The normalized spacial score (nSPS) is 18.5. The summed E-state index contributed by atoms with van der Waals surface area (Å²) in [6, 6.07) is 4.15. The molecule has 0 aliphatic carbocycles. The molecule has 1 atom stereocenters. The van der Waals surface area contributed by atoms with Gasteiger partial charge in [0.1, 0.15) is 11.6 Å². The lowest BCUT2D eigenvalue weighted by atomic mass is 10.1. The Labute approximate surface area is 123 Å². The van der Waals surface area contributed by atoms with Crippen molar-refractivity contribution in [1.82, 2.24) is 10.3 Å². The SMILES string of the molecule is CNc1nc(NCCC2CCC=C(Cl)N2)ccc1Cl. The van der Waals surface area contributed by atoms with E-state index in [0.717, 1.165) is 36.8 Å². The van der Waals surface area contributed by atoms with E-state index in [-0.39, 0.29) is 0 Å². The molecule has 0 aromatic carbocycles. The van der Waals surface area contributed by atoms with Gasteiger partial charge >= 0.3 is 0 Å². The Balaban J connectivity index is 1.81. The highest BCUT2D eigenvalue weighted by atomic mass is 35.5. The summed E-state index contributed by atoms with van der Waals surface area (Å²) in [5.41, 5.74) is 0. The number of nitrogens with one attached hydrogen (secondary N) is 3.